The van der Waals surface area contributed by atoms with E-state index in [0.29, 0.717) is 11.8 Å². The van der Waals surface area contributed by atoms with E-state index in [0.717, 1.165) is 32.1 Å². The Hall–Kier alpha value is -1.06. The van der Waals surface area contributed by atoms with Crippen LogP contribution in [-0.4, -0.2) is 35.7 Å². The highest BCUT2D eigenvalue weighted by Crippen LogP contribution is 2.15. The number of phenols is 1. The quantitative estimate of drug-likeness (QED) is 0.875. The van der Waals surface area contributed by atoms with E-state index >= 15 is 0 Å². The van der Waals surface area contributed by atoms with Crippen molar-refractivity contribution in [2.75, 3.05) is 19.6 Å². The maximum atomic E-state index is 9.54. The molecule has 1 aromatic rings. The molecule has 3 nitrogen and oxygen atoms in total. The number of nitrogens with one attached hydrogen (secondary N) is 1. The molecular weight excluding hydrogens is 236 g/mol. The van der Waals surface area contributed by atoms with Crippen LogP contribution in [0.5, 0.6) is 5.75 Å². The zero-order chi connectivity index (χ0) is 13.7. The molecule has 0 radical (unpaired) electrons. The fraction of sp³-hybridized carbons (Fsp3) is 0.625. The maximum absolute atomic E-state index is 9.54. The topological polar surface area (TPSA) is 35.5 Å². The van der Waals surface area contributed by atoms with Gasteiger partial charge < -0.3 is 10.4 Å². The van der Waals surface area contributed by atoms with Crippen molar-refractivity contribution in [3.63, 3.8) is 0 Å². The second-order valence-electron chi connectivity index (χ2n) is 6.04. The lowest BCUT2D eigenvalue weighted by Gasteiger charge is -2.25. The number of benzene rings is 1. The number of rotatable bonds is 4. The van der Waals surface area contributed by atoms with Gasteiger partial charge >= 0.3 is 0 Å². The SMILES string of the molecule is CC(C)CC1CN(Cc2cccc(O)c2)CCCN1. The lowest BCUT2D eigenvalue weighted by atomic mass is 10.0. The molecule has 0 spiro atoms. The van der Waals surface area contributed by atoms with Crippen LogP contribution in [0, 0.1) is 5.92 Å². The molecule has 1 saturated heterocycles. The van der Waals surface area contributed by atoms with Crippen LogP contribution in [0.15, 0.2) is 24.3 Å². The molecule has 1 fully saturated rings. The Morgan fingerprint density at radius 1 is 1.42 bits per heavy atom. The van der Waals surface area contributed by atoms with E-state index in [1.165, 1.54) is 18.4 Å². The first-order valence-corrected chi connectivity index (χ1v) is 7.37. The molecule has 2 N–H and O–H groups in total. The largest absolute Gasteiger partial charge is 0.508 e. The van der Waals surface area contributed by atoms with Crippen LogP contribution < -0.4 is 5.32 Å². The van der Waals surface area contributed by atoms with Crippen molar-refractivity contribution in [1.29, 1.82) is 0 Å². The molecule has 1 atom stereocenters. The van der Waals surface area contributed by atoms with E-state index < -0.39 is 0 Å². The Morgan fingerprint density at radius 2 is 2.26 bits per heavy atom. The zero-order valence-corrected chi connectivity index (χ0v) is 12.1. The van der Waals surface area contributed by atoms with Crippen molar-refractivity contribution < 1.29 is 5.11 Å². The average Bonchev–Trinajstić information content (AvgIpc) is 2.53. The Labute approximate surface area is 116 Å². The minimum absolute atomic E-state index is 0.365. The summed E-state index contributed by atoms with van der Waals surface area (Å²) in [6.45, 7) is 8.86. The van der Waals surface area contributed by atoms with Gasteiger partial charge in [-0.05, 0) is 49.5 Å². The van der Waals surface area contributed by atoms with E-state index in [2.05, 4.69) is 30.1 Å². The highest BCUT2D eigenvalue weighted by molar-refractivity contribution is 5.27. The van der Waals surface area contributed by atoms with Gasteiger partial charge in [-0.2, -0.15) is 0 Å². The third kappa shape index (κ3) is 4.84. The van der Waals surface area contributed by atoms with Gasteiger partial charge in [-0.3, -0.25) is 4.90 Å². The Balaban J connectivity index is 1.94. The lowest BCUT2D eigenvalue weighted by Crippen LogP contribution is -2.38. The average molecular weight is 262 g/mol. The number of aromatic hydroxyl groups is 1. The van der Waals surface area contributed by atoms with E-state index in [1.54, 1.807) is 6.07 Å². The van der Waals surface area contributed by atoms with Gasteiger partial charge in [0.1, 0.15) is 5.75 Å². The predicted molar refractivity (Wildman–Crippen MR) is 79.2 cm³/mol. The zero-order valence-electron chi connectivity index (χ0n) is 12.1. The standard InChI is InChI=1S/C16H26N2O/c1-13(2)9-15-12-18(8-4-7-17-15)11-14-5-3-6-16(19)10-14/h3,5-6,10,13,15,17,19H,4,7-9,11-12H2,1-2H3. The normalized spacial score (nSPS) is 21.5. The highest BCUT2D eigenvalue weighted by atomic mass is 16.3. The molecule has 0 bridgehead atoms. The summed E-state index contributed by atoms with van der Waals surface area (Å²) >= 11 is 0. The maximum Gasteiger partial charge on any atom is 0.115 e. The summed E-state index contributed by atoms with van der Waals surface area (Å²) in [4.78, 5) is 2.50. The Bertz CT molecular complexity index is 392. The fourth-order valence-electron chi connectivity index (χ4n) is 2.86. The second kappa shape index (κ2) is 6.92. The lowest BCUT2D eigenvalue weighted by molar-refractivity contribution is 0.247. The van der Waals surface area contributed by atoms with E-state index in [1.807, 2.05) is 12.1 Å². The van der Waals surface area contributed by atoms with Gasteiger partial charge in [0.2, 0.25) is 0 Å². The van der Waals surface area contributed by atoms with Gasteiger partial charge in [-0.1, -0.05) is 26.0 Å². The van der Waals surface area contributed by atoms with Gasteiger partial charge in [0.05, 0.1) is 0 Å². The number of nitrogens with zero attached hydrogens (tertiary/aromatic N) is 1. The number of phenolic OH excluding ortho intramolecular Hbond substituents is 1. The summed E-state index contributed by atoms with van der Waals surface area (Å²) in [6.07, 6.45) is 2.43. The van der Waals surface area contributed by atoms with Crippen LogP contribution in [-0.2, 0) is 6.54 Å². The van der Waals surface area contributed by atoms with E-state index in [9.17, 15) is 5.11 Å². The van der Waals surface area contributed by atoms with Gasteiger partial charge in [0, 0.05) is 19.1 Å². The summed E-state index contributed by atoms with van der Waals surface area (Å²) in [5.74, 6) is 1.10. The van der Waals surface area contributed by atoms with Crippen molar-refractivity contribution in [1.82, 2.24) is 10.2 Å². The third-order valence-electron chi connectivity index (χ3n) is 3.64. The van der Waals surface area contributed by atoms with Crippen LogP contribution in [0.3, 0.4) is 0 Å². The summed E-state index contributed by atoms with van der Waals surface area (Å²) in [7, 11) is 0. The highest BCUT2D eigenvalue weighted by Gasteiger charge is 2.18. The van der Waals surface area contributed by atoms with Crippen molar-refractivity contribution in [3.8, 4) is 5.75 Å². The second-order valence-corrected chi connectivity index (χ2v) is 6.04. The molecule has 0 amide bonds. The molecule has 106 valence electrons. The molecule has 3 heteroatoms. The molecule has 1 aliphatic heterocycles. The first kappa shape index (κ1) is 14.4. The van der Waals surface area contributed by atoms with Gasteiger partial charge in [-0.15, -0.1) is 0 Å². The van der Waals surface area contributed by atoms with E-state index in [-0.39, 0.29) is 0 Å². The van der Waals surface area contributed by atoms with Gasteiger partial charge in [-0.25, -0.2) is 0 Å². The molecule has 1 aliphatic rings. The molecule has 0 aromatic heterocycles. The minimum atomic E-state index is 0.365. The molecule has 1 heterocycles. The first-order valence-electron chi connectivity index (χ1n) is 7.37. The van der Waals surface area contributed by atoms with Crippen molar-refractivity contribution >= 4 is 0 Å². The summed E-state index contributed by atoms with van der Waals surface area (Å²) in [5, 5.41) is 13.2. The Morgan fingerprint density at radius 3 is 3.00 bits per heavy atom. The van der Waals surface area contributed by atoms with Gasteiger partial charge in [0.25, 0.3) is 0 Å². The van der Waals surface area contributed by atoms with Crippen LogP contribution in [0.4, 0.5) is 0 Å². The molecule has 1 unspecified atom stereocenters. The van der Waals surface area contributed by atoms with Crippen molar-refractivity contribution in [2.45, 2.75) is 39.3 Å². The van der Waals surface area contributed by atoms with Crippen LogP contribution >= 0.6 is 0 Å². The molecule has 2 rings (SSSR count). The molecule has 0 aliphatic carbocycles. The summed E-state index contributed by atoms with van der Waals surface area (Å²) < 4.78 is 0. The predicted octanol–water partition coefficient (Wildman–Crippen LogP) is 2.60. The first-order chi connectivity index (χ1) is 9.13. The monoisotopic (exact) mass is 262 g/mol. The molecule has 0 saturated carbocycles. The van der Waals surface area contributed by atoms with Crippen LogP contribution in [0.25, 0.3) is 0 Å². The van der Waals surface area contributed by atoms with Crippen molar-refractivity contribution in [2.24, 2.45) is 5.92 Å². The molecule has 19 heavy (non-hydrogen) atoms. The fourth-order valence-corrected chi connectivity index (χ4v) is 2.86. The van der Waals surface area contributed by atoms with E-state index in [4.69, 9.17) is 0 Å². The Kier molecular flexibility index (Phi) is 5.23. The van der Waals surface area contributed by atoms with Gasteiger partial charge in [0.15, 0.2) is 0 Å². The van der Waals surface area contributed by atoms with Crippen molar-refractivity contribution in [3.05, 3.63) is 29.8 Å². The smallest absolute Gasteiger partial charge is 0.115 e. The third-order valence-corrected chi connectivity index (χ3v) is 3.64. The molecule has 1 aromatic carbocycles. The number of hydrogen-bond acceptors (Lipinski definition) is 3. The summed E-state index contributed by atoms with van der Waals surface area (Å²) in [6, 6.07) is 8.21. The summed E-state index contributed by atoms with van der Waals surface area (Å²) in [5.41, 5.74) is 1.20. The molecular formula is C16H26N2O. The van der Waals surface area contributed by atoms with Crippen LogP contribution in [0.2, 0.25) is 0 Å². The number of hydrogen-bond donors (Lipinski definition) is 2. The van der Waals surface area contributed by atoms with Crippen LogP contribution in [0.1, 0.15) is 32.3 Å². The minimum Gasteiger partial charge on any atom is -0.508 e.